The lowest BCUT2D eigenvalue weighted by molar-refractivity contribution is 0.0882. The van der Waals surface area contributed by atoms with E-state index in [2.05, 4.69) is 23.8 Å². The van der Waals surface area contributed by atoms with E-state index in [1.807, 2.05) is 66.8 Å². The van der Waals surface area contributed by atoms with Crippen LogP contribution in [0.15, 0.2) is 112 Å². The number of rotatable bonds is 6. The molecule has 48 heavy (non-hydrogen) atoms. The van der Waals surface area contributed by atoms with Crippen LogP contribution in [0.5, 0.6) is 0 Å². The lowest BCUT2D eigenvalue weighted by Gasteiger charge is -2.21. The molecule has 5 aromatic rings. The van der Waals surface area contributed by atoms with Gasteiger partial charge in [0.2, 0.25) is 0 Å². The van der Waals surface area contributed by atoms with Crippen LogP contribution in [0.2, 0.25) is 0 Å². The summed E-state index contributed by atoms with van der Waals surface area (Å²) in [7, 11) is 0. The standard InChI is InChI=1S/C39H27N3O5S/c1-20(2)22-12-15-32(25(16-22)21-8-6-7-9-21)42-38(46)28-18-26-27(19-29(28)39(42)47)35(44)33(34(26)43)36-40-31-14-13-24(17-30(31)37(45)41-36)48-23-10-4-3-5-11-23/h3-8,10-20,33H,9H2,1-2H3,(H,40,41,45). The van der Waals surface area contributed by atoms with Crippen LogP contribution in [0.25, 0.3) is 16.5 Å². The lowest BCUT2D eigenvalue weighted by Crippen LogP contribution is -2.30. The lowest BCUT2D eigenvalue weighted by atomic mass is 9.95. The monoisotopic (exact) mass is 649 g/mol. The number of carbonyl (C=O) groups is 4. The highest BCUT2D eigenvalue weighted by Crippen LogP contribution is 2.41. The summed E-state index contributed by atoms with van der Waals surface area (Å²) in [5.74, 6) is -3.52. The fraction of sp³-hybridized carbons (Fsp3) is 0.128. The highest BCUT2D eigenvalue weighted by atomic mass is 32.2. The number of nitrogens with one attached hydrogen (secondary N) is 1. The van der Waals surface area contributed by atoms with E-state index in [0.717, 1.165) is 31.4 Å². The number of aromatic nitrogens is 2. The number of fused-ring (bicyclic) bond motifs is 3. The van der Waals surface area contributed by atoms with Crippen molar-refractivity contribution in [1.29, 1.82) is 0 Å². The number of carbonyl (C=O) groups excluding carboxylic acids is 4. The third-order valence-corrected chi connectivity index (χ3v) is 10.1. The molecular weight excluding hydrogens is 623 g/mol. The maximum Gasteiger partial charge on any atom is 0.266 e. The minimum Gasteiger partial charge on any atom is -0.309 e. The maximum absolute atomic E-state index is 13.9. The van der Waals surface area contributed by atoms with E-state index in [9.17, 15) is 24.0 Å². The number of H-pyrrole nitrogens is 1. The molecule has 0 spiro atoms. The second-order valence-corrected chi connectivity index (χ2v) is 13.5. The van der Waals surface area contributed by atoms with E-state index in [1.54, 1.807) is 18.2 Å². The van der Waals surface area contributed by atoms with Crippen molar-refractivity contribution in [2.24, 2.45) is 0 Å². The Balaban J connectivity index is 1.13. The van der Waals surface area contributed by atoms with E-state index in [-0.39, 0.29) is 34.0 Å². The molecular formula is C39H27N3O5S. The van der Waals surface area contributed by atoms with Crippen molar-refractivity contribution < 1.29 is 19.2 Å². The molecule has 0 saturated carbocycles. The van der Waals surface area contributed by atoms with Gasteiger partial charge in [-0.2, -0.15) is 0 Å². The summed E-state index contributed by atoms with van der Waals surface area (Å²) in [4.78, 5) is 78.7. The molecule has 234 valence electrons. The molecule has 2 heterocycles. The molecule has 0 unspecified atom stereocenters. The Morgan fingerprint density at radius 3 is 2.12 bits per heavy atom. The molecule has 0 saturated heterocycles. The maximum atomic E-state index is 13.9. The smallest absolute Gasteiger partial charge is 0.266 e. The van der Waals surface area contributed by atoms with Gasteiger partial charge in [0.25, 0.3) is 17.4 Å². The molecule has 8 rings (SSSR count). The Kier molecular flexibility index (Phi) is 6.96. The van der Waals surface area contributed by atoms with E-state index in [4.69, 9.17) is 0 Å². The Bertz CT molecular complexity index is 2330. The van der Waals surface area contributed by atoms with Crippen LogP contribution in [0.3, 0.4) is 0 Å². The Morgan fingerprint density at radius 1 is 0.771 bits per heavy atom. The Labute approximate surface area is 279 Å². The molecule has 1 aromatic heterocycles. The summed E-state index contributed by atoms with van der Waals surface area (Å²) in [6.07, 6.45) is 6.61. The van der Waals surface area contributed by atoms with Crippen LogP contribution < -0.4 is 10.5 Å². The average Bonchev–Trinajstić information content (AvgIpc) is 3.77. The van der Waals surface area contributed by atoms with Crippen LogP contribution in [-0.2, 0) is 0 Å². The van der Waals surface area contributed by atoms with Crippen molar-refractivity contribution in [3.63, 3.8) is 0 Å². The van der Waals surface area contributed by atoms with Crippen LogP contribution in [-0.4, -0.2) is 33.3 Å². The van der Waals surface area contributed by atoms with Crippen LogP contribution in [0.1, 0.15) is 90.5 Å². The quantitative estimate of drug-likeness (QED) is 0.150. The molecule has 0 atom stereocenters. The highest BCUT2D eigenvalue weighted by Gasteiger charge is 2.46. The molecule has 0 fully saturated rings. The zero-order chi connectivity index (χ0) is 33.3. The number of aromatic amines is 1. The first-order chi connectivity index (χ1) is 23.2. The molecule has 2 amide bonds. The Hall–Kier alpha value is -5.67. The van der Waals surface area contributed by atoms with E-state index in [1.165, 1.54) is 23.9 Å². The summed E-state index contributed by atoms with van der Waals surface area (Å²) in [5.41, 5.74) is 3.36. The second-order valence-electron chi connectivity index (χ2n) is 12.4. The van der Waals surface area contributed by atoms with Crippen molar-refractivity contribution in [2.45, 2.75) is 41.9 Å². The molecule has 1 aliphatic heterocycles. The normalized spacial score (nSPS) is 15.6. The average molecular weight is 650 g/mol. The number of nitrogens with zero attached hydrogens (tertiary/aromatic N) is 2. The summed E-state index contributed by atoms with van der Waals surface area (Å²) in [5, 5.41) is 0.329. The minimum atomic E-state index is -1.39. The Morgan fingerprint density at radius 2 is 1.48 bits per heavy atom. The molecule has 4 aromatic carbocycles. The molecule has 2 aliphatic carbocycles. The summed E-state index contributed by atoms with van der Waals surface area (Å²) in [6, 6.07) is 23.4. The van der Waals surface area contributed by atoms with Crippen molar-refractivity contribution in [3.05, 3.63) is 147 Å². The number of benzene rings is 4. The van der Waals surface area contributed by atoms with Crippen LogP contribution >= 0.6 is 11.8 Å². The van der Waals surface area contributed by atoms with Gasteiger partial charge in [-0.15, -0.1) is 0 Å². The van der Waals surface area contributed by atoms with Gasteiger partial charge in [-0.1, -0.05) is 68.1 Å². The number of imide groups is 1. The number of amides is 2. The fourth-order valence-electron chi connectivity index (χ4n) is 6.56. The number of Topliss-reactive ketones (excluding diaryl/α,β-unsaturated/α-hetero) is 2. The molecule has 3 aliphatic rings. The van der Waals surface area contributed by atoms with Crippen molar-refractivity contribution in [1.82, 2.24) is 9.97 Å². The van der Waals surface area contributed by atoms with E-state index in [0.29, 0.717) is 23.0 Å². The van der Waals surface area contributed by atoms with Crippen LogP contribution in [0, 0.1) is 0 Å². The number of allylic oxidation sites excluding steroid dienone is 4. The van der Waals surface area contributed by atoms with Gasteiger partial charge in [-0.3, -0.25) is 24.0 Å². The molecule has 1 N–H and O–H groups in total. The van der Waals surface area contributed by atoms with E-state index >= 15 is 0 Å². The number of ketones is 2. The topological polar surface area (TPSA) is 117 Å². The number of hydrogen-bond donors (Lipinski definition) is 1. The van der Waals surface area contributed by atoms with Crippen molar-refractivity contribution in [2.75, 3.05) is 4.90 Å². The predicted molar refractivity (Wildman–Crippen MR) is 184 cm³/mol. The second kappa shape index (κ2) is 11.2. The van der Waals surface area contributed by atoms with Crippen molar-refractivity contribution >= 4 is 57.3 Å². The number of hydrogen-bond acceptors (Lipinski definition) is 7. The van der Waals surface area contributed by atoms with Gasteiger partial charge in [0.15, 0.2) is 11.6 Å². The molecule has 0 radical (unpaired) electrons. The van der Waals surface area contributed by atoms with Gasteiger partial charge in [0.1, 0.15) is 11.7 Å². The molecule has 9 heteroatoms. The predicted octanol–water partition coefficient (Wildman–Crippen LogP) is 7.50. The largest absolute Gasteiger partial charge is 0.309 e. The third-order valence-electron chi connectivity index (χ3n) is 9.07. The summed E-state index contributed by atoms with van der Waals surface area (Å²) in [6.45, 7) is 4.16. The molecule has 0 bridgehead atoms. The first-order valence-corrected chi connectivity index (χ1v) is 16.4. The van der Waals surface area contributed by atoms with Crippen LogP contribution in [0.4, 0.5) is 5.69 Å². The molecule has 8 nitrogen and oxygen atoms in total. The highest BCUT2D eigenvalue weighted by molar-refractivity contribution is 7.99. The van der Waals surface area contributed by atoms with E-state index < -0.39 is 34.9 Å². The van der Waals surface area contributed by atoms with Gasteiger partial charge in [-0.25, -0.2) is 9.88 Å². The number of anilines is 1. The minimum absolute atomic E-state index is 0.0298. The third kappa shape index (κ3) is 4.69. The first-order valence-electron chi connectivity index (χ1n) is 15.6. The summed E-state index contributed by atoms with van der Waals surface area (Å²) < 4.78 is 0. The zero-order valence-electron chi connectivity index (χ0n) is 25.9. The van der Waals surface area contributed by atoms with Gasteiger partial charge in [0, 0.05) is 26.5 Å². The zero-order valence-corrected chi connectivity index (χ0v) is 26.8. The fourth-order valence-corrected chi connectivity index (χ4v) is 7.44. The van der Waals surface area contributed by atoms with Gasteiger partial charge >= 0.3 is 0 Å². The summed E-state index contributed by atoms with van der Waals surface area (Å²) >= 11 is 1.50. The SMILES string of the molecule is CC(C)c1ccc(N2C(=O)c3cc4c(cc3C2=O)C(=O)C(c2nc3ccc(Sc5ccccc5)cc3c(=O)[nH]2)C4=O)c(C2=CC=CC2)c1. The van der Waals surface area contributed by atoms with Gasteiger partial charge in [0.05, 0.1) is 27.7 Å². The van der Waals surface area contributed by atoms with Gasteiger partial charge in [-0.05, 0) is 78.1 Å². The van der Waals surface area contributed by atoms with Gasteiger partial charge < -0.3 is 4.98 Å². The van der Waals surface area contributed by atoms with Crippen molar-refractivity contribution in [3.8, 4) is 0 Å². The first kappa shape index (κ1) is 29.7.